The smallest absolute Gasteiger partial charge is 0.124 e. The molecule has 0 heterocycles. The van der Waals surface area contributed by atoms with Crippen LogP contribution in [0.15, 0.2) is 18.2 Å². The van der Waals surface area contributed by atoms with Gasteiger partial charge in [-0.3, -0.25) is 5.32 Å². The molecule has 0 spiro atoms. The van der Waals surface area contributed by atoms with Crippen molar-refractivity contribution in [1.82, 2.24) is 5.32 Å². The molecule has 2 N–H and O–H groups in total. The fraction of sp³-hybridized carbons (Fsp3) is 0.364. The molecule has 1 aromatic rings. The van der Waals surface area contributed by atoms with Crippen LogP contribution in [0.25, 0.3) is 0 Å². The van der Waals surface area contributed by atoms with E-state index in [1.807, 2.05) is 0 Å². The summed E-state index contributed by atoms with van der Waals surface area (Å²) in [5.74, 6) is 0. The Kier molecular flexibility index (Phi) is 5.58. The number of nitrogens with zero attached hydrogens (tertiary/aromatic N) is 1. The molecule has 0 saturated carbocycles. The molecule has 0 aromatic heterocycles. The van der Waals surface area contributed by atoms with Gasteiger partial charge >= 0.3 is 0 Å². The number of hydrogen-bond acceptors (Lipinski definition) is 3. The first kappa shape index (κ1) is 13.3. The Labute approximate surface area is 105 Å². The molecular weight excluding hydrogens is 247 g/mol. The van der Waals surface area contributed by atoms with Crippen LogP contribution in [0, 0.1) is 11.3 Å². The summed E-state index contributed by atoms with van der Waals surface area (Å²) in [4.78, 5) is 0. The molecule has 0 aliphatic heterocycles. The zero-order valence-electron chi connectivity index (χ0n) is 8.58. The summed E-state index contributed by atoms with van der Waals surface area (Å²) in [6.07, 6.45) is 0.584. The molecule has 0 amide bonds. The number of benzene rings is 1. The second kappa shape index (κ2) is 6.72. The molecule has 0 saturated heterocycles. The lowest BCUT2D eigenvalue weighted by Gasteiger charge is -2.14. The van der Waals surface area contributed by atoms with Crippen molar-refractivity contribution >= 4 is 23.2 Å². The van der Waals surface area contributed by atoms with Crippen molar-refractivity contribution in [2.45, 2.75) is 12.5 Å². The van der Waals surface area contributed by atoms with E-state index in [1.165, 1.54) is 0 Å². The summed E-state index contributed by atoms with van der Waals surface area (Å²) in [5.41, 5.74) is 0.589. The van der Waals surface area contributed by atoms with Crippen LogP contribution in [0.5, 0.6) is 0 Å². The van der Waals surface area contributed by atoms with Gasteiger partial charge in [-0.15, -0.1) is 0 Å². The van der Waals surface area contributed by atoms with Gasteiger partial charge in [-0.2, -0.15) is 5.26 Å². The van der Waals surface area contributed by atoms with Crippen LogP contribution in [-0.2, 0) is 0 Å². The van der Waals surface area contributed by atoms with E-state index in [0.29, 0.717) is 28.6 Å². The summed E-state index contributed by atoms with van der Waals surface area (Å²) < 4.78 is 0. The van der Waals surface area contributed by atoms with E-state index < -0.39 is 6.04 Å². The van der Waals surface area contributed by atoms with Gasteiger partial charge in [-0.25, -0.2) is 0 Å². The monoisotopic (exact) mass is 258 g/mol. The van der Waals surface area contributed by atoms with Crippen LogP contribution < -0.4 is 5.32 Å². The minimum absolute atomic E-state index is 0.0847. The lowest BCUT2D eigenvalue weighted by molar-refractivity contribution is 0.285. The van der Waals surface area contributed by atoms with Gasteiger partial charge in [-0.1, -0.05) is 29.3 Å². The standard InChI is InChI=1S/C11H12Cl2N2O/c12-8-3-1-4-9(13)11(8)10(7-14)15-5-2-6-16/h1,3-4,10,15-16H,2,5-6H2. The van der Waals surface area contributed by atoms with Gasteiger partial charge in [0.05, 0.1) is 6.07 Å². The summed E-state index contributed by atoms with van der Waals surface area (Å²) in [7, 11) is 0. The Morgan fingerprint density at radius 1 is 1.38 bits per heavy atom. The molecule has 86 valence electrons. The third kappa shape index (κ3) is 3.36. The van der Waals surface area contributed by atoms with E-state index >= 15 is 0 Å². The second-order valence-electron chi connectivity index (χ2n) is 3.23. The Balaban J connectivity index is 2.83. The highest BCUT2D eigenvalue weighted by Gasteiger charge is 2.16. The minimum atomic E-state index is -0.548. The third-order valence-corrected chi connectivity index (χ3v) is 2.76. The maximum Gasteiger partial charge on any atom is 0.124 e. The maximum atomic E-state index is 9.04. The van der Waals surface area contributed by atoms with E-state index in [-0.39, 0.29) is 6.61 Å². The predicted octanol–water partition coefficient (Wildman–Crippen LogP) is 2.53. The number of aliphatic hydroxyl groups excluding tert-OH is 1. The summed E-state index contributed by atoms with van der Waals surface area (Å²) in [6.45, 7) is 0.623. The lowest BCUT2D eigenvalue weighted by atomic mass is 10.1. The van der Waals surface area contributed by atoms with Crippen molar-refractivity contribution in [3.8, 4) is 6.07 Å². The van der Waals surface area contributed by atoms with Gasteiger partial charge in [0.15, 0.2) is 0 Å². The molecule has 0 bridgehead atoms. The molecule has 1 aromatic carbocycles. The summed E-state index contributed by atoms with van der Waals surface area (Å²) >= 11 is 12.0. The highest BCUT2D eigenvalue weighted by Crippen LogP contribution is 2.29. The SMILES string of the molecule is N#CC(NCCCO)c1c(Cl)cccc1Cl. The van der Waals surface area contributed by atoms with Crippen LogP contribution >= 0.6 is 23.2 Å². The maximum absolute atomic E-state index is 9.04. The molecule has 3 nitrogen and oxygen atoms in total. The fourth-order valence-electron chi connectivity index (χ4n) is 1.32. The summed E-state index contributed by atoms with van der Waals surface area (Å²) in [6, 6.07) is 6.67. The molecule has 5 heteroatoms. The van der Waals surface area contributed by atoms with E-state index in [0.717, 1.165) is 0 Å². The van der Waals surface area contributed by atoms with Crippen molar-refractivity contribution in [3.63, 3.8) is 0 Å². The number of hydrogen-bond donors (Lipinski definition) is 2. The van der Waals surface area contributed by atoms with Crippen LogP contribution in [0.1, 0.15) is 18.0 Å². The Morgan fingerprint density at radius 3 is 2.50 bits per heavy atom. The molecule has 0 radical (unpaired) electrons. The highest BCUT2D eigenvalue weighted by molar-refractivity contribution is 6.36. The molecular formula is C11H12Cl2N2O. The normalized spacial score (nSPS) is 12.1. The van der Waals surface area contributed by atoms with E-state index in [4.69, 9.17) is 33.6 Å². The average molecular weight is 259 g/mol. The molecule has 0 aliphatic carbocycles. The van der Waals surface area contributed by atoms with Crippen molar-refractivity contribution in [1.29, 1.82) is 5.26 Å². The van der Waals surface area contributed by atoms with E-state index in [2.05, 4.69) is 11.4 Å². The van der Waals surface area contributed by atoms with Crippen molar-refractivity contribution in [3.05, 3.63) is 33.8 Å². The van der Waals surface area contributed by atoms with Crippen LogP contribution in [0.2, 0.25) is 10.0 Å². The number of nitriles is 1. The first-order valence-corrected chi connectivity index (χ1v) is 5.64. The average Bonchev–Trinajstić information content (AvgIpc) is 2.26. The summed E-state index contributed by atoms with van der Waals surface area (Å²) in [5, 5.41) is 21.6. The first-order valence-electron chi connectivity index (χ1n) is 4.88. The van der Waals surface area contributed by atoms with Gasteiger partial charge in [-0.05, 0) is 25.1 Å². The third-order valence-electron chi connectivity index (χ3n) is 2.10. The van der Waals surface area contributed by atoms with E-state index in [9.17, 15) is 0 Å². The molecule has 1 unspecified atom stereocenters. The van der Waals surface area contributed by atoms with Gasteiger partial charge in [0.2, 0.25) is 0 Å². The van der Waals surface area contributed by atoms with E-state index in [1.54, 1.807) is 18.2 Å². The number of nitrogens with one attached hydrogen (secondary N) is 1. The Hall–Kier alpha value is -0.790. The van der Waals surface area contributed by atoms with Gasteiger partial charge in [0.1, 0.15) is 6.04 Å². The van der Waals surface area contributed by atoms with Crippen LogP contribution in [0.3, 0.4) is 0 Å². The molecule has 0 fully saturated rings. The van der Waals surface area contributed by atoms with Crippen molar-refractivity contribution < 1.29 is 5.11 Å². The fourth-order valence-corrected chi connectivity index (χ4v) is 1.94. The van der Waals surface area contributed by atoms with Crippen molar-refractivity contribution in [2.75, 3.05) is 13.2 Å². The lowest BCUT2D eigenvalue weighted by Crippen LogP contribution is -2.22. The molecule has 16 heavy (non-hydrogen) atoms. The van der Waals surface area contributed by atoms with Gasteiger partial charge < -0.3 is 5.11 Å². The van der Waals surface area contributed by atoms with Gasteiger partial charge in [0, 0.05) is 22.2 Å². The molecule has 0 aliphatic rings. The molecule has 1 atom stereocenters. The van der Waals surface area contributed by atoms with Gasteiger partial charge in [0.25, 0.3) is 0 Å². The quantitative estimate of drug-likeness (QED) is 0.799. The zero-order valence-corrected chi connectivity index (χ0v) is 10.1. The Morgan fingerprint density at radius 2 is 2.00 bits per heavy atom. The minimum Gasteiger partial charge on any atom is -0.396 e. The number of aliphatic hydroxyl groups is 1. The van der Waals surface area contributed by atoms with Crippen LogP contribution in [0.4, 0.5) is 0 Å². The Bertz CT molecular complexity index is 370. The predicted molar refractivity (Wildman–Crippen MR) is 64.5 cm³/mol. The second-order valence-corrected chi connectivity index (χ2v) is 4.04. The topological polar surface area (TPSA) is 56.0 Å². The number of halogens is 2. The largest absolute Gasteiger partial charge is 0.396 e. The number of rotatable bonds is 5. The first-order chi connectivity index (χ1) is 7.70. The van der Waals surface area contributed by atoms with Crippen molar-refractivity contribution in [2.24, 2.45) is 0 Å². The zero-order chi connectivity index (χ0) is 12.0. The highest BCUT2D eigenvalue weighted by atomic mass is 35.5. The van der Waals surface area contributed by atoms with Crippen LogP contribution in [-0.4, -0.2) is 18.3 Å². The molecule has 1 rings (SSSR count).